The van der Waals surface area contributed by atoms with E-state index in [0.29, 0.717) is 12.2 Å². The van der Waals surface area contributed by atoms with Gasteiger partial charge in [0, 0.05) is 6.42 Å². The minimum atomic E-state index is 0.0736. The SMILES string of the molecule is CCC(=O)[C@H](C)N(C)CCCCCCN. The van der Waals surface area contributed by atoms with Crippen LogP contribution < -0.4 is 5.73 Å². The van der Waals surface area contributed by atoms with Crippen LogP contribution in [0.3, 0.4) is 0 Å². The maximum atomic E-state index is 11.4. The van der Waals surface area contributed by atoms with Gasteiger partial charge in [-0.25, -0.2) is 0 Å². The van der Waals surface area contributed by atoms with E-state index >= 15 is 0 Å². The summed E-state index contributed by atoms with van der Waals surface area (Å²) in [6.45, 7) is 5.72. The maximum Gasteiger partial charge on any atom is 0.149 e. The highest BCUT2D eigenvalue weighted by Gasteiger charge is 2.14. The van der Waals surface area contributed by atoms with Gasteiger partial charge >= 0.3 is 0 Å². The summed E-state index contributed by atoms with van der Waals surface area (Å²) in [5.74, 6) is 0.333. The average molecular weight is 214 g/mol. The first-order valence-corrected chi connectivity index (χ1v) is 6.06. The number of Topliss-reactive ketones (excluding diaryl/α,β-unsaturated/α-hetero) is 1. The number of unbranched alkanes of at least 4 members (excludes halogenated alkanes) is 3. The van der Waals surface area contributed by atoms with Crippen molar-refractivity contribution in [1.82, 2.24) is 4.90 Å². The van der Waals surface area contributed by atoms with Gasteiger partial charge in [-0.15, -0.1) is 0 Å². The molecule has 0 aliphatic rings. The van der Waals surface area contributed by atoms with Gasteiger partial charge in [-0.2, -0.15) is 0 Å². The minimum absolute atomic E-state index is 0.0736. The molecule has 0 aliphatic carbocycles. The summed E-state index contributed by atoms with van der Waals surface area (Å²) < 4.78 is 0. The first kappa shape index (κ1) is 14.6. The molecule has 0 spiro atoms. The van der Waals surface area contributed by atoms with Crippen molar-refractivity contribution in [2.75, 3.05) is 20.1 Å². The van der Waals surface area contributed by atoms with Gasteiger partial charge in [0.15, 0.2) is 0 Å². The highest BCUT2D eigenvalue weighted by molar-refractivity contribution is 5.83. The number of nitrogens with zero attached hydrogens (tertiary/aromatic N) is 1. The molecule has 0 aliphatic heterocycles. The van der Waals surface area contributed by atoms with Crippen LogP contribution in [0.1, 0.15) is 46.0 Å². The predicted molar refractivity (Wildman–Crippen MR) is 64.9 cm³/mol. The number of hydrogen-bond acceptors (Lipinski definition) is 3. The van der Waals surface area contributed by atoms with Gasteiger partial charge in [0.2, 0.25) is 0 Å². The predicted octanol–water partition coefficient (Wildman–Crippen LogP) is 1.80. The number of ketones is 1. The van der Waals surface area contributed by atoms with Gasteiger partial charge in [0.05, 0.1) is 6.04 Å². The van der Waals surface area contributed by atoms with Crippen molar-refractivity contribution in [3.8, 4) is 0 Å². The molecule has 0 rings (SSSR count). The molecule has 0 aromatic heterocycles. The Balaban J connectivity index is 3.55. The monoisotopic (exact) mass is 214 g/mol. The first-order valence-electron chi connectivity index (χ1n) is 6.06. The second kappa shape index (κ2) is 8.86. The molecule has 0 aromatic rings. The van der Waals surface area contributed by atoms with Gasteiger partial charge in [0.1, 0.15) is 5.78 Å². The van der Waals surface area contributed by atoms with Crippen molar-refractivity contribution >= 4 is 5.78 Å². The Labute approximate surface area is 94.0 Å². The van der Waals surface area contributed by atoms with Crippen LogP contribution in [-0.2, 0) is 4.79 Å². The van der Waals surface area contributed by atoms with Gasteiger partial charge in [0.25, 0.3) is 0 Å². The van der Waals surface area contributed by atoms with Crippen LogP contribution in [0.5, 0.6) is 0 Å². The van der Waals surface area contributed by atoms with Crippen LogP contribution >= 0.6 is 0 Å². The Kier molecular flexibility index (Phi) is 8.62. The molecular formula is C12H26N2O. The normalized spacial score (nSPS) is 13.1. The van der Waals surface area contributed by atoms with Crippen molar-refractivity contribution in [1.29, 1.82) is 0 Å². The molecule has 0 saturated carbocycles. The smallest absolute Gasteiger partial charge is 0.149 e. The average Bonchev–Trinajstić information content (AvgIpc) is 2.26. The molecule has 1 atom stereocenters. The molecule has 0 aromatic carbocycles. The highest BCUT2D eigenvalue weighted by Crippen LogP contribution is 2.04. The van der Waals surface area contributed by atoms with E-state index in [9.17, 15) is 4.79 Å². The maximum absolute atomic E-state index is 11.4. The molecule has 2 N–H and O–H groups in total. The summed E-state index contributed by atoms with van der Waals surface area (Å²) >= 11 is 0. The van der Waals surface area contributed by atoms with E-state index in [1.807, 2.05) is 20.9 Å². The Morgan fingerprint density at radius 3 is 2.40 bits per heavy atom. The summed E-state index contributed by atoms with van der Waals surface area (Å²) in [6, 6.07) is 0.0736. The van der Waals surface area contributed by atoms with Crippen LogP contribution in [0.25, 0.3) is 0 Å². The Morgan fingerprint density at radius 1 is 1.27 bits per heavy atom. The molecule has 0 fully saturated rings. The molecule has 0 amide bonds. The molecular weight excluding hydrogens is 188 g/mol. The third-order valence-electron chi connectivity index (χ3n) is 2.94. The molecule has 15 heavy (non-hydrogen) atoms. The summed E-state index contributed by atoms with van der Waals surface area (Å²) in [7, 11) is 2.03. The lowest BCUT2D eigenvalue weighted by Gasteiger charge is -2.22. The number of carbonyl (C=O) groups excluding carboxylic acids is 1. The summed E-state index contributed by atoms with van der Waals surface area (Å²) in [6.07, 6.45) is 5.35. The van der Waals surface area contributed by atoms with Crippen molar-refractivity contribution in [3.05, 3.63) is 0 Å². The summed E-state index contributed by atoms with van der Waals surface area (Å²) in [5, 5.41) is 0. The number of hydrogen-bond donors (Lipinski definition) is 1. The van der Waals surface area contributed by atoms with E-state index < -0.39 is 0 Å². The van der Waals surface area contributed by atoms with Crippen molar-refractivity contribution in [2.45, 2.75) is 52.0 Å². The van der Waals surface area contributed by atoms with E-state index in [1.165, 1.54) is 12.8 Å². The zero-order chi connectivity index (χ0) is 11.7. The Morgan fingerprint density at radius 2 is 1.87 bits per heavy atom. The molecule has 3 heteroatoms. The third-order valence-corrected chi connectivity index (χ3v) is 2.94. The van der Waals surface area contributed by atoms with Gasteiger partial charge in [-0.05, 0) is 39.9 Å². The van der Waals surface area contributed by atoms with Gasteiger partial charge in [-0.3, -0.25) is 9.69 Å². The minimum Gasteiger partial charge on any atom is -0.330 e. The molecule has 3 nitrogen and oxygen atoms in total. The molecule has 0 bridgehead atoms. The third kappa shape index (κ3) is 6.63. The number of carbonyl (C=O) groups is 1. The zero-order valence-electron chi connectivity index (χ0n) is 10.5. The Hall–Kier alpha value is -0.410. The fourth-order valence-electron chi connectivity index (χ4n) is 1.59. The lowest BCUT2D eigenvalue weighted by atomic mass is 10.1. The van der Waals surface area contributed by atoms with Crippen molar-refractivity contribution in [2.24, 2.45) is 5.73 Å². The molecule has 0 unspecified atom stereocenters. The van der Waals surface area contributed by atoms with E-state index in [1.54, 1.807) is 0 Å². The number of rotatable bonds is 9. The van der Waals surface area contributed by atoms with Crippen LogP contribution in [0, 0.1) is 0 Å². The lowest BCUT2D eigenvalue weighted by Crippen LogP contribution is -2.36. The van der Waals surface area contributed by atoms with Crippen LogP contribution in [0.4, 0.5) is 0 Å². The highest BCUT2D eigenvalue weighted by atomic mass is 16.1. The second-order valence-electron chi connectivity index (χ2n) is 4.18. The quantitative estimate of drug-likeness (QED) is 0.595. The summed E-state index contributed by atoms with van der Waals surface area (Å²) in [4.78, 5) is 13.6. The number of nitrogens with two attached hydrogens (primary N) is 1. The second-order valence-corrected chi connectivity index (χ2v) is 4.18. The van der Waals surface area contributed by atoms with E-state index in [2.05, 4.69) is 4.90 Å². The van der Waals surface area contributed by atoms with E-state index in [4.69, 9.17) is 5.73 Å². The van der Waals surface area contributed by atoms with Crippen LogP contribution in [0.2, 0.25) is 0 Å². The number of likely N-dealkylation sites (N-methyl/N-ethyl adjacent to an activating group) is 1. The van der Waals surface area contributed by atoms with Crippen LogP contribution in [-0.4, -0.2) is 36.9 Å². The molecule has 0 saturated heterocycles. The lowest BCUT2D eigenvalue weighted by molar-refractivity contribution is -0.123. The van der Waals surface area contributed by atoms with Gasteiger partial charge < -0.3 is 5.73 Å². The standard InChI is InChI=1S/C12H26N2O/c1-4-12(15)11(2)14(3)10-8-6-5-7-9-13/h11H,4-10,13H2,1-3H3/t11-/m0/s1. The molecule has 0 heterocycles. The largest absolute Gasteiger partial charge is 0.330 e. The zero-order valence-corrected chi connectivity index (χ0v) is 10.5. The van der Waals surface area contributed by atoms with Gasteiger partial charge in [-0.1, -0.05) is 19.8 Å². The fourth-order valence-corrected chi connectivity index (χ4v) is 1.59. The first-order chi connectivity index (χ1) is 7.13. The van der Waals surface area contributed by atoms with Crippen LogP contribution in [0.15, 0.2) is 0 Å². The molecule has 0 radical (unpaired) electrons. The Bertz CT molecular complexity index is 171. The van der Waals surface area contributed by atoms with E-state index in [0.717, 1.165) is 25.9 Å². The topological polar surface area (TPSA) is 46.3 Å². The fraction of sp³-hybridized carbons (Fsp3) is 0.917. The summed E-state index contributed by atoms with van der Waals surface area (Å²) in [5.41, 5.74) is 5.42. The molecule has 90 valence electrons. The van der Waals surface area contributed by atoms with Crippen molar-refractivity contribution < 1.29 is 4.79 Å². The van der Waals surface area contributed by atoms with Crippen molar-refractivity contribution in [3.63, 3.8) is 0 Å². The van der Waals surface area contributed by atoms with E-state index in [-0.39, 0.29) is 6.04 Å².